The summed E-state index contributed by atoms with van der Waals surface area (Å²) in [5, 5.41) is 0. The van der Waals surface area contributed by atoms with Crippen LogP contribution >= 0.6 is 0 Å². The normalized spacial score (nSPS) is 24.6. The monoisotopic (exact) mass is 353 g/mol. The Hall–Kier alpha value is -1.60. The van der Waals surface area contributed by atoms with Gasteiger partial charge in [0.1, 0.15) is 5.69 Å². The molecule has 2 saturated heterocycles. The zero-order valence-corrected chi connectivity index (χ0v) is 14.8. The maximum atomic E-state index is 13.8. The molecular weight excluding hydrogens is 328 g/mol. The molecule has 138 valence electrons. The fourth-order valence-corrected chi connectivity index (χ4v) is 3.96. The molecule has 0 aromatic carbocycles. The van der Waals surface area contributed by atoms with Gasteiger partial charge < -0.3 is 9.64 Å². The van der Waals surface area contributed by atoms with E-state index in [1.165, 1.54) is 0 Å². The van der Waals surface area contributed by atoms with Crippen LogP contribution in [-0.4, -0.2) is 72.0 Å². The fourth-order valence-electron chi connectivity index (χ4n) is 3.96. The van der Waals surface area contributed by atoms with Gasteiger partial charge in [-0.05, 0) is 31.4 Å². The molecule has 5 nitrogen and oxygen atoms in total. The Kier molecular flexibility index (Phi) is 5.34. The van der Waals surface area contributed by atoms with E-state index in [2.05, 4.69) is 4.98 Å². The lowest BCUT2D eigenvalue weighted by Gasteiger charge is -2.39. The van der Waals surface area contributed by atoms with Crippen LogP contribution in [0, 0.1) is 6.92 Å². The largest absolute Gasteiger partial charge is 0.383 e. The first kappa shape index (κ1) is 18.2. The quantitative estimate of drug-likeness (QED) is 0.834. The van der Waals surface area contributed by atoms with Crippen molar-refractivity contribution in [1.29, 1.82) is 0 Å². The van der Waals surface area contributed by atoms with Crippen molar-refractivity contribution in [2.24, 2.45) is 0 Å². The predicted molar refractivity (Wildman–Crippen MR) is 89.8 cm³/mol. The van der Waals surface area contributed by atoms with Crippen LogP contribution in [0.15, 0.2) is 18.3 Å². The third-order valence-corrected chi connectivity index (χ3v) is 5.21. The van der Waals surface area contributed by atoms with Crippen molar-refractivity contribution in [3.05, 3.63) is 29.6 Å². The molecule has 2 fully saturated rings. The number of nitrogens with zero attached hydrogens (tertiary/aromatic N) is 3. The second-order valence-corrected chi connectivity index (χ2v) is 7.03. The highest BCUT2D eigenvalue weighted by Gasteiger charge is 2.47. The Labute approximate surface area is 147 Å². The number of hydrogen-bond acceptors (Lipinski definition) is 4. The summed E-state index contributed by atoms with van der Waals surface area (Å²) in [6.07, 6.45) is 2.88. The lowest BCUT2D eigenvalue weighted by Crippen LogP contribution is -2.49. The number of amides is 1. The molecule has 3 heterocycles. The first-order chi connectivity index (χ1) is 11.9. The van der Waals surface area contributed by atoms with Gasteiger partial charge in [-0.15, -0.1) is 0 Å². The molecule has 1 aromatic rings. The predicted octanol–water partition coefficient (Wildman–Crippen LogP) is 2.35. The average Bonchev–Trinajstić information content (AvgIpc) is 2.90. The number of hydrogen-bond donors (Lipinski definition) is 0. The first-order valence-electron chi connectivity index (χ1n) is 8.74. The van der Waals surface area contributed by atoms with E-state index in [-0.39, 0.29) is 31.0 Å². The van der Waals surface area contributed by atoms with E-state index in [9.17, 15) is 13.6 Å². The zero-order chi connectivity index (χ0) is 18.0. The lowest BCUT2D eigenvalue weighted by atomic mass is 10.0. The molecule has 0 saturated carbocycles. The number of aromatic nitrogens is 1. The lowest BCUT2D eigenvalue weighted by molar-refractivity contribution is 0.00282. The van der Waals surface area contributed by atoms with Crippen LogP contribution < -0.4 is 0 Å². The van der Waals surface area contributed by atoms with Gasteiger partial charge in [0.05, 0.1) is 13.2 Å². The third kappa shape index (κ3) is 3.98. The summed E-state index contributed by atoms with van der Waals surface area (Å²) in [6.45, 7) is 3.12. The topological polar surface area (TPSA) is 45.7 Å². The number of piperidine rings is 1. The van der Waals surface area contributed by atoms with Gasteiger partial charge in [0.25, 0.3) is 11.8 Å². The smallest absolute Gasteiger partial charge is 0.272 e. The maximum Gasteiger partial charge on any atom is 0.272 e. The van der Waals surface area contributed by atoms with Gasteiger partial charge in [0.15, 0.2) is 0 Å². The Bertz CT molecular complexity index is 618. The minimum absolute atomic E-state index is 0.0717. The molecular formula is C18H25F2N3O2. The summed E-state index contributed by atoms with van der Waals surface area (Å²) in [5.74, 6) is -2.72. The Morgan fingerprint density at radius 2 is 2.12 bits per heavy atom. The summed E-state index contributed by atoms with van der Waals surface area (Å²) < 4.78 is 32.8. The number of aryl methyl sites for hydroxylation is 1. The van der Waals surface area contributed by atoms with Crippen molar-refractivity contribution in [2.75, 3.05) is 33.4 Å². The van der Waals surface area contributed by atoms with Gasteiger partial charge in [0.2, 0.25) is 0 Å². The number of carbonyl (C=O) groups is 1. The number of methoxy groups -OCH3 is 1. The number of likely N-dealkylation sites (tertiary alicyclic amines) is 2. The Morgan fingerprint density at radius 3 is 2.76 bits per heavy atom. The molecule has 0 spiro atoms. The van der Waals surface area contributed by atoms with Crippen molar-refractivity contribution in [2.45, 2.75) is 44.2 Å². The van der Waals surface area contributed by atoms with E-state index in [0.717, 1.165) is 5.56 Å². The highest BCUT2D eigenvalue weighted by atomic mass is 19.3. The molecule has 2 aliphatic heterocycles. The molecule has 7 heteroatoms. The van der Waals surface area contributed by atoms with Crippen LogP contribution in [-0.2, 0) is 4.74 Å². The fraction of sp³-hybridized carbons (Fsp3) is 0.667. The van der Waals surface area contributed by atoms with Crippen LogP contribution in [0.2, 0.25) is 0 Å². The number of alkyl halides is 2. The van der Waals surface area contributed by atoms with Crippen LogP contribution in [0.4, 0.5) is 8.78 Å². The highest BCUT2D eigenvalue weighted by Crippen LogP contribution is 2.35. The molecule has 0 N–H and O–H groups in total. The molecule has 25 heavy (non-hydrogen) atoms. The number of rotatable bonds is 4. The number of halogens is 2. The van der Waals surface area contributed by atoms with Crippen LogP contribution in [0.25, 0.3) is 0 Å². The first-order valence-corrected chi connectivity index (χ1v) is 8.74. The number of pyridine rings is 1. The number of ether oxygens (including phenoxy) is 1. The van der Waals surface area contributed by atoms with E-state index in [1.807, 2.05) is 24.0 Å². The van der Waals surface area contributed by atoms with E-state index >= 15 is 0 Å². The molecule has 0 bridgehead atoms. The molecule has 0 aliphatic carbocycles. The Balaban J connectivity index is 1.62. The van der Waals surface area contributed by atoms with Gasteiger partial charge in [-0.25, -0.2) is 8.78 Å². The summed E-state index contributed by atoms with van der Waals surface area (Å²) in [4.78, 5) is 20.5. The minimum Gasteiger partial charge on any atom is -0.383 e. The minimum atomic E-state index is -2.65. The molecule has 1 aromatic heterocycles. The van der Waals surface area contributed by atoms with Crippen molar-refractivity contribution in [1.82, 2.24) is 14.8 Å². The molecule has 2 aliphatic rings. The van der Waals surface area contributed by atoms with Crippen LogP contribution in [0.5, 0.6) is 0 Å². The van der Waals surface area contributed by atoms with E-state index < -0.39 is 5.92 Å². The van der Waals surface area contributed by atoms with Gasteiger partial charge in [-0.3, -0.25) is 14.7 Å². The van der Waals surface area contributed by atoms with Crippen molar-refractivity contribution >= 4 is 5.91 Å². The zero-order valence-electron chi connectivity index (χ0n) is 14.8. The van der Waals surface area contributed by atoms with E-state index in [4.69, 9.17) is 4.74 Å². The summed E-state index contributed by atoms with van der Waals surface area (Å²) in [6, 6.07) is 3.50. The standard InChI is InChI=1S/C18H25F2N3O2/c1-13-4-3-7-21-16(13)17(24)22-8-5-14(6-9-22)23-12-18(19,20)10-15(23)11-25-2/h3-4,7,14-15H,5-6,8-12H2,1-2H3/t15-/m0/s1. The van der Waals surface area contributed by atoms with Gasteiger partial charge in [-0.1, -0.05) is 6.07 Å². The van der Waals surface area contributed by atoms with Crippen LogP contribution in [0.3, 0.4) is 0 Å². The van der Waals surface area contributed by atoms with Gasteiger partial charge in [0, 0.05) is 44.9 Å². The molecule has 1 amide bonds. The van der Waals surface area contributed by atoms with E-state index in [1.54, 1.807) is 18.2 Å². The number of carbonyl (C=O) groups excluding carboxylic acids is 1. The second kappa shape index (κ2) is 7.33. The van der Waals surface area contributed by atoms with Crippen molar-refractivity contribution < 1.29 is 18.3 Å². The molecule has 3 rings (SSSR count). The van der Waals surface area contributed by atoms with Crippen molar-refractivity contribution in [3.8, 4) is 0 Å². The second-order valence-electron chi connectivity index (χ2n) is 7.03. The molecule has 0 radical (unpaired) electrons. The summed E-state index contributed by atoms with van der Waals surface area (Å²) in [7, 11) is 1.55. The van der Waals surface area contributed by atoms with Crippen LogP contribution in [0.1, 0.15) is 35.3 Å². The van der Waals surface area contributed by atoms with Gasteiger partial charge >= 0.3 is 0 Å². The Morgan fingerprint density at radius 1 is 1.40 bits per heavy atom. The third-order valence-electron chi connectivity index (χ3n) is 5.21. The SMILES string of the molecule is COC[C@@H]1CC(F)(F)CN1C1CCN(C(=O)c2ncccc2C)CC1. The molecule has 1 atom stereocenters. The highest BCUT2D eigenvalue weighted by molar-refractivity contribution is 5.93. The van der Waals surface area contributed by atoms with Gasteiger partial charge in [-0.2, -0.15) is 0 Å². The summed E-state index contributed by atoms with van der Waals surface area (Å²) in [5.41, 5.74) is 1.33. The average molecular weight is 353 g/mol. The van der Waals surface area contributed by atoms with Crippen molar-refractivity contribution in [3.63, 3.8) is 0 Å². The molecule has 0 unspecified atom stereocenters. The maximum absolute atomic E-state index is 13.8. The van der Waals surface area contributed by atoms with E-state index in [0.29, 0.717) is 38.2 Å². The summed E-state index contributed by atoms with van der Waals surface area (Å²) >= 11 is 0.